The number of esters is 1. The van der Waals surface area contributed by atoms with E-state index in [2.05, 4.69) is 15.4 Å². The fourth-order valence-corrected chi connectivity index (χ4v) is 1.76. The molecule has 0 atom stereocenters. The number of aromatic nitrogens is 4. The molecule has 1 aromatic carbocycles. The molecule has 0 spiro atoms. The molecule has 0 fully saturated rings. The highest BCUT2D eigenvalue weighted by molar-refractivity contribution is 5.76. The van der Waals surface area contributed by atoms with Crippen LogP contribution in [0.4, 0.5) is 0 Å². The van der Waals surface area contributed by atoms with Gasteiger partial charge in [0.1, 0.15) is 6.29 Å². The molecule has 0 N–H and O–H groups in total. The van der Waals surface area contributed by atoms with Crippen LogP contribution in [0.1, 0.15) is 30.1 Å². The molecular formula is C14H16N4O3. The Kier molecular flexibility index (Phi) is 5.14. The molecule has 0 unspecified atom stereocenters. The summed E-state index contributed by atoms with van der Waals surface area (Å²) in [6.45, 7) is 2.67. The van der Waals surface area contributed by atoms with Gasteiger partial charge in [0.25, 0.3) is 0 Å². The van der Waals surface area contributed by atoms with Crippen molar-refractivity contribution < 1.29 is 14.3 Å². The van der Waals surface area contributed by atoms with Gasteiger partial charge < -0.3 is 4.74 Å². The van der Waals surface area contributed by atoms with Crippen molar-refractivity contribution >= 4 is 12.3 Å². The summed E-state index contributed by atoms with van der Waals surface area (Å²) in [6, 6.07) is 6.93. The first-order valence-electron chi connectivity index (χ1n) is 6.72. The number of carbonyl (C=O) groups is 2. The summed E-state index contributed by atoms with van der Waals surface area (Å²) < 4.78 is 4.84. The van der Waals surface area contributed by atoms with Crippen molar-refractivity contribution in [1.29, 1.82) is 0 Å². The Morgan fingerprint density at radius 1 is 1.33 bits per heavy atom. The van der Waals surface area contributed by atoms with Crippen LogP contribution in [0.2, 0.25) is 0 Å². The van der Waals surface area contributed by atoms with Gasteiger partial charge >= 0.3 is 5.97 Å². The first-order valence-corrected chi connectivity index (χ1v) is 6.72. The van der Waals surface area contributed by atoms with Crippen LogP contribution in [0.25, 0.3) is 11.4 Å². The van der Waals surface area contributed by atoms with Gasteiger partial charge in [0.15, 0.2) is 0 Å². The minimum atomic E-state index is -0.220. The third-order valence-corrected chi connectivity index (χ3v) is 2.80. The second-order valence-electron chi connectivity index (χ2n) is 4.36. The molecule has 0 aliphatic carbocycles. The number of ether oxygens (including phenoxy) is 1. The molecular weight excluding hydrogens is 272 g/mol. The van der Waals surface area contributed by atoms with Crippen molar-refractivity contribution in [3.05, 3.63) is 29.8 Å². The van der Waals surface area contributed by atoms with E-state index in [4.69, 9.17) is 4.74 Å². The first-order chi connectivity index (χ1) is 10.2. The first kappa shape index (κ1) is 14.8. The fourth-order valence-electron chi connectivity index (χ4n) is 1.76. The van der Waals surface area contributed by atoms with Gasteiger partial charge in [-0.25, -0.2) is 0 Å². The number of rotatable bonds is 7. The summed E-state index contributed by atoms with van der Waals surface area (Å²) >= 11 is 0. The summed E-state index contributed by atoms with van der Waals surface area (Å²) in [7, 11) is 0. The summed E-state index contributed by atoms with van der Waals surface area (Å²) in [5.74, 6) is 0.269. The van der Waals surface area contributed by atoms with Crippen LogP contribution >= 0.6 is 0 Å². The van der Waals surface area contributed by atoms with Crippen LogP contribution < -0.4 is 0 Å². The zero-order valence-electron chi connectivity index (χ0n) is 11.7. The minimum Gasteiger partial charge on any atom is -0.466 e. The lowest BCUT2D eigenvalue weighted by molar-refractivity contribution is -0.143. The number of benzene rings is 1. The van der Waals surface area contributed by atoms with Gasteiger partial charge in [-0.05, 0) is 18.6 Å². The highest BCUT2D eigenvalue weighted by atomic mass is 16.5. The van der Waals surface area contributed by atoms with E-state index in [1.165, 1.54) is 4.80 Å². The second-order valence-corrected chi connectivity index (χ2v) is 4.36. The predicted molar refractivity (Wildman–Crippen MR) is 74.5 cm³/mol. The van der Waals surface area contributed by atoms with Gasteiger partial charge in [-0.2, -0.15) is 4.80 Å². The van der Waals surface area contributed by atoms with Gasteiger partial charge in [-0.1, -0.05) is 24.3 Å². The van der Waals surface area contributed by atoms with E-state index >= 15 is 0 Å². The lowest BCUT2D eigenvalue weighted by atomic mass is 10.1. The molecule has 7 heteroatoms. The van der Waals surface area contributed by atoms with Crippen molar-refractivity contribution in [1.82, 2.24) is 20.2 Å². The number of tetrazole rings is 1. The standard InChI is InChI=1S/C14H16N4O3/c1-2-21-13(20)4-3-9-18-16-14(15-17-18)12-7-5-11(10-19)6-8-12/h5-8,10H,2-4,9H2,1H3. The van der Waals surface area contributed by atoms with Crippen LogP contribution in [0.15, 0.2) is 24.3 Å². The molecule has 0 saturated carbocycles. The number of hydrogen-bond donors (Lipinski definition) is 0. The van der Waals surface area contributed by atoms with Crippen LogP contribution in [-0.4, -0.2) is 39.1 Å². The van der Waals surface area contributed by atoms with Crippen molar-refractivity contribution in [2.75, 3.05) is 6.61 Å². The topological polar surface area (TPSA) is 87.0 Å². The Bertz CT molecular complexity index is 607. The quantitative estimate of drug-likeness (QED) is 0.566. The molecule has 2 aromatic rings. The van der Waals surface area contributed by atoms with Crippen molar-refractivity contribution in [2.45, 2.75) is 26.3 Å². The number of aldehydes is 1. The highest BCUT2D eigenvalue weighted by Crippen LogP contribution is 2.13. The van der Waals surface area contributed by atoms with Crippen molar-refractivity contribution in [2.24, 2.45) is 0 Å². The largest absolute Gasteiger partial charge is 0.466 e. The Morgan fingerprint density at radius 3 is 2.76 bits per heavy atom. The van der Waals surface area contributed by atoms with E-state index < -0.39 is 0 Å². The number of hydrogen-bond acceptors (Lipinski definition) is 6. The zero-order chi connectivity index (χ0) is 15.1. The lowest BCUT2D eigenvalue weighted by Gasteiger charge is -2.00. The average molecular weight is 288 g/mol. The molecule has 2 rings (SSSR count). The van der Waals surface area contributed by atoms with E-state index in [9.17, 15) is 9.59 Å². The molecule has 0 aliphatic heterocycles. The maximum Gasteiger partial charge on any atom is 0.305 e. The van der Waals surface area contributed by atoms with Crippen LogP contribution in [0, 0.1) is 0 Å². The Balaban J connectivity index is 1.91. The molecule has 0 radical (unpaired) electrons. The Hall–Kier alpha value is -2.57. The van der Waals surface area contributed by atoms with Gasteiger partial charge in [0.05, 0.1) is 13.2 Å². The minimum absolute atomic E-state index is 0.220. The third kappa shape index (κ3) is 4.20. The van der Waals surface area contributed by atoms with Gasteiger partial charge in [0.2, 0.25) is 5.82 Å². The molecule has 0 bridgehead atoms. The van der Waals surface area contributed by atoms with Crippen molar-refractivity contribution in [3.8, 4) is 11.4 Å². The van der Waals surface area contributed by atoms with Gasteiger partial charge in [0, 0.05) is 17.5 Å². The molecule has 0 amide bonds. The summed E-state index contributed by atoms with van der Waals surface area (Å²) in [5, 5.41) is 12.1. The summed E-state index contributed by atoms with van der Waals surface area (Å²) in [4.78, 5) is 23.2. The van der Waals surface area contributed by atoms with E-state index in [0.717, 1.165) is 11.8 Å². The smallest absolute Gasteiger partial charge is 0.305 e. The van der Waals surface area contributed by atoms with Crippen LogP contribution in [0.3, 0.4) is 0 Å². The molecule has 110 valence electrons. The molecule has 0 aliphatic rings. The average Bonchev–Trinajstić information content (AvgIpc) is 2.96. The molecule has 1 heterocycles. The van der Waals surface area contributed by atoms with Crippen molar-refractivity contribution in [3.63, 3.8) is 0 Å². The predicted octanol–water partition coefficient (Wildman–Crippen LogP) is 1.50. The van der Waals surface area contributed by atoms with Gasteiger partial charge in [-0.15, -0.1) is 10.2 Å². The van der Waals surface area contributed by atoms with E-state index in [1.807, 2.05) is 0 Å². The maximum absolute atomic E-state index is 11.2. The van der Waals surface area contributed by atoms with Gasteiger partial charge in [-0.3, -0.25) is 9.59 Å². The Morgan fingerprint density at radius 2 is 2.10 bits per heavy atom. The van der Waals surface area contributed by atoms with Crippen LogP contribution in [0.5, 0.6) is 0 Å². The fraction of sp³-hybridized carbons (Fsp3) is 0.357. The number of carbonyl (C=O) groups excluding carboxylic acids is 2. The molecule has 7 nitrogen and oxygen atoms in total. The second kappa shape index (κ2) is 7.28. The van der Waals surface area contributed by atoms with E-state index in [1.54, 1.807) is 31.2 Å². The maximum atomic E-state index is 11.2. The zero-order valence-corrected chi connectivity index (χ0v) is 11.7. The summed E-state index contributed by atoms with van der Waals surface area (Å²) in [5.41, 5.74) is 1.39. The van der Waals surface area contributed by atoms with Crippen LogP contribution in [-0.2, 0) is 16.1 Å². The summed E-state index contributed by atoms with van der Waals surface area (Å²) in [6.07, 6.45) is 1.71. The number of aryl methyl sites for hydroxylation is 1. The highest BCUT2D eigenvalue weighted by Gasteiger charge is 2.07. The number of nitrogens with zero attached hydrogens (tertiary/aromatic N) is 4. The third-order valence-electron chi connectivity index (χ3n) is 2.80. The van der Waals surface area contributed by atoms with E-state index in [-0.39, 0.29) is 5.97 Å². The SMILES string of the molecule is CCOC(=O)CCCn1nnc(-c2ccc(C=O)cc2)n1. The molecule has 21 heavy (non-hydrogen) atoms. The van der Waals surface area contributed by atoms with E-state index in [0.29, 0.717) is 37.4 Å². The molecule has 0 saturated heterocycles. The monoisotopic (exact) mass is 288 g/mol. The Labute approximate surface area is 121 Å². The lowest BCUT2D eigenvalue weighted by Crippen LogP contribution is -2.08. The molecule has 1 aromatic heterocycles. The normalized spacial score (nSPS) is 10.3.